The molecule has 2 aliphatic rings. The summed E-state index contributed by atoms with van der Waals surface area (Å²) in [5.74, 6) is 2.29. The van der Waals surface area contributed by atoms with Gasteiger partial charge in [0.15, 0.2) is 0 Å². The Morgan fingerprint density at radius 3 is 2.10 bits per heavy atom. The maximum Gasteiger partial charge on any atom is 0.0655 e. The van der Waals surface area contributed by atoms with Crippen LogP contribution in [0.2, 0.25) is 0 Å². The molecule has 0 aliphatic heterocycles. The van der Waals surface area contributed by atoms with Crippen LogP contribution in [0.25, 0.3) is 0 Å². The minimum absolute atomic E-state index is 0.295. The Bertz CT molecular complexity index is 306. The molecule has 21 heavy (non-hydrogen) atoms. The van der Waals surface area contributed by atoms with Crippen LogP contribution in [0.3, 0.4) is 0 Å². The van der Waals surface area contributed by atoms with E-state index in [1.165, 1.54) is 51.4 Å². The van der Waals surface area contributed by atoms with E-state index >= 15 is 0 Å². The molecule has 2 aliphatic carbocycles. The lowest BCUT2D eigenvalue weighted by atomic mass is 9.78. The summed E-state index contributed by atoms with van der Waals surface area (Å²) < 4.78 is 6.02. The predicted octanol–water partition coefficient (Wildman–Crippen LogP) is 5.47. The van der Waals surface area contributed by atoms with Gasteiger partial charge in [-0.2, -0.15) is 5.26 Å². The third kappa shape index (κ3) is 5.99. The predicted molar refractivity (Wildman–Crippen MR) is 86.9 cm³/mol. The third-order valence-electron chi connectivity index (χ3n) is 5.63. The number of rotatable bonds is 7. The maximum atomic E-state index is 8.90. The zero-order valence-electron chi connectivity index (χ0n) is 13.9. The number of nitriles is 1. The first-order valence-corrected chi connectivity index (χ1v) is 9.33. The Balaban J connectivity index is 1.48. The second kappa shape index (κ2) is 9.46. The lowest BCUT2D eigenvalue weighted by Gasteiger charge is -2.29. The van der Waals surface area contributed by atoms with Gasteiger partial charge in [-0.3, -0.25) is 0 Å². The van der Waals surface area contributed by atoms with E-state index in [4.69, 9.17) is 10.00 Å². The van der Waals surface area contributed by atoms with Crippen LogP contribution in [-0.2, 0) is 4.74 Å². The molecule has 0 spiro atoms. The lowest BCUT2D eigenvalue weighted by Crippen LogP contribution is -2.22. The molecule has 120 valence electrons. The number of hydrogen-bond acceptors (Lipinski definition) is 2. The molecule has 0 amide bonds. The molecule has 0 aromatic rings. The highest BCUT2D eigenvalue weighted by atomic mass is 16.5. The van der Waals surface area contributed by atoms with Gasteiger partial charge in [-0.05, 0) is 50.4 Å². The fourth-order valence-electron chi connectivity index (χ4n) is 4.20. The molecule has 2 fully saturated rings. The van der Waals surface area contributed by atoms with Crippen LogP contribution in [0.5, 0.6) is 0 Å². The van der Waals surface area contributed by atoms with E-state index < -0.39 is 0 Å². The van der Waals surface area contributed by atoms with Gasteiger partial charge in [-0.15, -0.1) is 0 Å². The van der Waals surface area contributed by atoms with Gasteiger partial charge < -0.3 is 4.74 Å². The first-order valence-electron chi connectivity index (χ1n) is 9.33. The van der Waals surface area contributed by atoms with Gasteiger partial charge in [0.1, 0.15) is 0 Å². The molecular formula is C19H33NO. The lowest BCUT2D eigenvalue weighted by molar-refractivity contribution is 0.0187. The van der Waals surface area contributed by atoms with Crippen molar-refractivity contribution in [3.8, 4) is 6.07 Å². The van der Waals surface area contributed by atoms with Crippen LogP contribution < -0.4 is 0 Å². The van der Waals surface area contributed by atoms with Crippen molar-refractivity contribution in [1.29, 1.82) is 5.26 Å². The molecular weight excluding hydrogens is 258 g/mol. The summed E-state index contributed by atoms with van der Waals surface area (Å²) in [4.78, 5) is 0. The zero-order valence-corrected chi connectivity index (χ0v) is 13.9. The summed E-state index contributed by atoms with van der Waals surface area (Å²) in [6.45, 7) is 3.25. The summed E-state index contributed by atoms with van der Waals surface area (Å²) in [6.07, 6.45) is 16.0. The largest absolute Gasteiger partial charge is 0.378 e. The molecule has 2 nitrogen and oxygen atoms in total. The molecule has 2 heteroatoms. The van der Waals surface area contributed by atoms with E-state index in [0.29, 0.717) is 12.0 Å². The van der Waals surface area contributed by atoms with E-state index in [1.54, 1.807) is 0 Å². The van der Waals surface area contributed by atoms with Crippen molar-refractivity contribution in [1.82, 2.24) is 0 Å². The molecule has 0 N–H and O–H groups in total. The van der Waals surface area contributed by atoms with Gasteiger partial charge in [0.25, 0.3) is 0 Å². The van der Waals surface area contributed by atoms with Crippen LogP contribution >= 0.6 is 0 Å². The summed E-state index contributed by atoms with van der Waals surface area (Å²) in [6, 6.07) is 2.39. The fraction of sp³-hybridized carbons (Fsp3) is 0.947. The van der Waals surface area contributed by atoms with Gasteiger partial charge in [0.05, 0.1) is 12.2 Å². The van der Waals surface area contributed by atoms with Crippen molar-refractivity contribution in [2.45, 2.75) is 90.1 Å². The average Bonchev–Trinajstić information content (AvgIpc) is 2.54. The molecule has 0 bridgehead atoms. The van der Waals surface area contributed by atoms with Crippen LogP contribution in [0.1, 0.15) is 84.0 Å². The normalized spacial score (nSPS) is 33.5. The second-order valence-corrected chi connectivity index (χ2v) is 7.29. The standard InChI is InChI=1S/C19H33NO/c1-2-4-16-6-8-17(9-7-16)5-3-14-21-19-12-10-18(15-20)11-13-19/h16-19H,2-14H2,1H3/t16-,17-,18?,19?. The van der Waals surface area contributed by atoms with Crippen molar-refractivity contribution in [3.05, 3.63) is 0 Å². The summed E-state index contributed by atoms with van der Waals surface area (Å²) in [5.41, 5.74) is 0. The summed E-state index contributed by atoms with van der Waals surface area (Å²) >= 11 is 0. The van der Waals surface area contributed by atoms with E-state index in [-0.39, 0.29) is 0 Å². The Hall–Kier alpha value is -0.550. The summed E-state index contributed by atoms with van der Waals surface area (Å²) in [7, 11) is 0. The van der Waals surface area contributed by atoms with E-state index in [1.807, 2.05) is 0 Å². The Kier molecular flexibility index (Phi) is 7.58. The highest BCUT2D eigenvalue weighted by Gasteiger charge is 2.22. The summed E-state index contributed by atoms with van der Waals surface area (Å²) in [5, 5.41) is 8.90. The molecule has 0 radical (unpaired) electrons. The molecule has 0 unspecified atom stereocenters. The minimum atomic E-state index is 0.295. The van der Waals surface area contributed by atoms with Crippen molar-refractivity contribution in [2.24, 2.45) is 17.8 Å². The van der Waals surface area contributed by atoms with Gasteiger partial charge >= 0.3 is 0 Å². The molecule has 0 saturated heterocycles. The molecule has 0 atom stereocenters. The van der Waals surface area contributed by atoms with E-state index in [9.17, 15) is 0 Å². The molecule has 2 rings (SSSR count). The first-order chi connectivity index (χ1) is 10.3. The minimum Gasteiger partial charge on any atom is -0.378 e. The Morgan fingerprint density at radius 2 is 1.52 bits per heavy atom. The SMILES string of the molecule is CCC[C@H]1CC[C@H](CCCOC2CCC(C#N)CC2)CC1. The second-order valence-electron chi connectivity index (χ2n) is 7.29. The van der Waals surface area contributed by atoms with E-state index in [2.05, 4.69) is 13.0 Å². The number of nitrogens with zero attached hydrogens (tertiary/aromatic N) is 1. The van der Waals surface area contributed by atoms with Crippen LogP contribution in [0.15, 0.2) is 0 Å². The first kappa shape index (κ1) is 16.8. The van der Waals surface area contributed by atoms with Gasteiger partial charge in [0.2, 0.25) is 0 Å². The fourth-order valence-corrected chi connectivity index (χ4v) is 4.20. The van der Waals surface area contributed by atoms with Crippen molar-refractivity contribution in [2.75, 3.05) is 6.61 Å². The maximum absolute atomic E-state index is 8.90. The van der Waals surface area contributed by atoms with Crippen LogP contribution in [0.4, 0.5) is 0 Å². The number of hydrogen-bond donors (Lipinski definition) is 0. The Labute approximate surface area is 131 Å². The smallest absolute Gasteiger partial charge is 0.0655 e. The Morgan fingerprint density at radius 1 is 0.905 bits per heavy atom. The van der Waals surface area contributed by atoms with Gasteiger partial charge in [-0.1, -0.05) is 45.4 Å². The molecule has 0 heterocycles. The topological polar surface area (TPSA) is 33.0 Å². The number of ether oxygens (including phenoxy) is 1. The van der Waals surface area contributed by atoms with Crippen LogP contribution in [0, 0.1) is 29.1 Å². The quantitative estimate of drug-likeness (QED) is 0.582. The van der Waals surface area contributed by atoms with Crippen molar-refractivity contribution >= 4 is 0 Å². The molecule has 2 saturated carbocycles. The third-order valence-corrected chi connectivity index (χ3v) is 5.63. The highest BCUT2D eigenvalue weighted by Crippen LogP contribution is 2.34. The zero-order chi connectivity index (χ0) is 14.9. The van der Waals surface area contributed by atoms with Gasteiger partial charge in [0, 0.05) is 12.5 Å². The van der Waals surface area contributed by atoms with Crippen molar-refractivity contribution in [3.63, 3.8) is 0 Å². The van der Waals surface area contributed by atoms with Gasteiger partial charge in [-0.25, -0.2) is 0 Å². The van der Waals surface area contributed by atoms with E-state index in [0.717, 1.165) is 44.1 Å². The molecule has 0 aromatic heterocycles. The van der Waals surface area contributed by atoms with Crippen molar-refractivity contribution < 1.29 is 4.74 Å². The average molecular weight is 291 g/mol. The monoisotopic (exact) mass is 291 g/mol. The van der Waals surface area contributed by atoms with Crippen LogP contribution in [-0.4, -0.2) is 12.7 Å². The highest BCUT2D eigenvalue weighted by molar-refractivity contribution is 4.87. The molecule has 0 aromatic carbocycles.